The third kappa shape index (κ3) is 4.96. The fraction of sp³-hybridized carbons (Fsp3) is 0.533. The van der Waals surface area contributed by atoms with Crippen molar-refractivity contribution in [2.24, 2.45) is 4.99 Å². The quantitative estimate of drug-likeness (QED) is 0.589. The second-order valence-corrected chi connectivity index (χ2v) is 6.07. The number of guanidine groups is 1. The monoisotopic (exact) mass is 293 g/mol. The van der Waals surface area contributed by atoms with Gasteiger partial charge in [-0.2, -0.15) is 11.8 Å². The van der Waals surface area contributed by atoms with Gasteiger partial charge < -0.3 is 15.7 Å². The van der Waals surface area contributed by atoms with Crippen molar-refractivity contribution in [2.75, 3.05) is 18.1 Å². The Morgan fingerprint density at radius 1 is 1.40 bits per heavy atom. The van der Waals surface area contributed by atoms with E-state index < -0.39 is 0 Å². The average molecular weight is 293 g/mol. The minimum Gasteiger partial charge on any atom is -0.508 e. The van der Waals surface area contributed by atoms with Crippen LogP contribution in [0.15, 0.2) is 29.3 Å². The van der Waals surface area contributed by atoms with Gasteiger partial charge in [0.25, 0.3) is 0 Å². The summed E-state index contributed by atoms with van der Waals surface area (Å²) < 4.78 is 0. The average Bonchev–Trinajstić information content (AvgIpc) is 2.48. The van der Waals surface area contributed by atoms with E-state index in [1.807, 2.05) is 23.9 Å². The molecule has 1 aliphatic rings. The Hall–Kier alpha value is -1.36. The van der Waals surface area contributed by atoms with Gasteiger partial charge in [0.2, 0.25) is 0 Å². The van der Waals surface area contributed by atoms with Gasteiger partial charge in [-0.25, -0.2) is 4.99 Å². The van der Waals surface area contributed by atoms with Crippen LogP contribution in [-0.2, 0) is 6.54 Å². The van der Waals surface area contributed by atoms with Crippen LogP contribution in [-0.4, -0.2) is 35.2 Å². The fourth-order valence-corrected chi connectivity index (χ4v) is 3.21. The Morgan fingerprint density at radius 2 is 2.20 bits per heavy atom. The van der Waals surface area contributed by atoms with Crippen molar-refractivity contribution in [2.45, 2.75) is 32.4 Å². The van der Waals surface area contributed by atoms with E-state index in [1.54, 1.807) is 12.1 Å². The summed E-state index contributed by atoms with van der Waals surface area (Å²) in [6, 6.07) is 7.72. The van der Waals surface area contributed by atoms with Gasteiger partial charge in [-0.15, -0.1) is 0 Å². The first-order chi connectivity index (χ1) is 9.78. The smallest absolute Gasteiger partial charge is 0.191 e. The van der Waals surface area contributed by atoms with E-state index in [1.165, 1.54) is 18.6 Å². The van der Waals surface area contributed by atoms with Gasteiger partial charge in [0.1, 0.15) is 5.75 Å². The molecular formula is C15H23N3OS. The molecule has 110 valence electrons. The van der Waals surface area contributed by atoms with Gasteiger partial charge in [-0.05, 0) is 43.2 Å². The molecule has 3 N–H and O–H groups in total. The third-order valence-electron chi connectivity index (χ3n) is 3.20. The summed E-state index contributed by atoms with van der Waals surface area (Å²) in [6.45, 7) is 3.56. The molecule has 1 aromatic rings. The summed E-state index contributed by atoms with van der Waals surface area (Å²) >= 11 is 2.01. The Balaban J connectivity index is 1.92. The molecule has 0 saturated carbocycles. The zero-order valence-electron chi connectivity index (χ0n) is 11.9. The van der Waals surface area contributed by atoms with E-state index in [4.69, 9.17) is 0 Å². The molecule has 5 heteroatoms. The molecule has 1 fully saturated rings. The van der Waals surface area contributed by atoms with Crippen molar-refractivity contribution < 1.29 is 5.11 Å². The van der Waals surface area contributed by atoms with Crippen LogP contribution in [0.25, 0.3) is 0 Å². The zero-order valence-corrected chi connectivity index (χ0v) is 12.7. The van der Waals surface area contributed by atoms with E-state index >= 15 is 0 Å². The van der Waals surface area contributed by atoms with Crippen LogP contribution in [0.1, 0.15) is 25.3 Å². The maximum absolute atomic E-state index is 9.27. The molecule has 1 aliphatic heterocycles. The number of aliphatic imine (C=N–C) groups is 1. The van der Waals surface area contributed by atoms with Gasteiger partial charge in [0.15, 0.2) is 5.96 Å². The number of phenols is 1. The number of nitrogens with one attached hydrogen (secondary N) is 2. The number of rotatable bonds is 4. The van der Waals surface area contributed by atoms with Gasteiger partial charge in [0, 0.05) is 18.3 Å². The molecule has 1 aromatic carbocycles. The van der Waals surface area contributed by atoms with Crippen LogP contribution in [0, 0.1) is 0 Å². The van der Waals surface area contributed by atoms with Crippen molar-refractivity contribution in [1.82, 2.24) is 10.6 Å². The van der Waals surface area contributed by atoms with E-state index in [0.717, 1.165) is 23.8 Å². The van der Waals surface area contributed by atoms with Crippen molar-refractivity contribution >= 4 is 17.7 Å². The Labute approximate surface area is 125 Å². The predicted molar refractivity (Wildman–Crippen MR) is 86.4 cm³/mol. The molecule has 2 rings (SSSR count). The zero-order chi connectivity index (χ0) is 14.2. The lowest BCUT2D eigenvalue weighted by Crippen LogP contribution is -2.45. The highest BCUT2D eigenvalue weighted by Crippen LogP contribution is 2.16. The molecule has 0 amide bonds. The lowest BCUT2D eigenvalue weighted by atomic mass is 10.2. The van der Waals surface area contributed by atoms with Crippen molar-refractivity contribution in [1.29, 1.82) is 0 Å². The molecule has 4 nitrogen and oxygen atoms in total. The lowest BCUT2D eigenvalue weighted by Gasteiger charge is -2.24. The van der Waals surface area contributed by atoms with E-state index in [-0.39, 0.29) is 0 Å². The number of hydrogen-bond donors (Lipinski definition) is 3. The standard InChI is InChI=1S/C15H23N3OS/c1-2-16-15(18-13-4-3-9-20-11-13)17-10-12-5-7-14(19)8-6-12/h5-8,13,19H,2-4,9-11H2,1H3,(H2,16,17,18). The Kier molecular flexibility index (Phi) is 6.05. The minimum atomic E-state index is 0.294. The van der Waals surface area contributed by atoms with Crippen LogP contribution in [0.5, 0.6) is 5.75 Å². The molecule has 0 radical (unpaired) electrons. The second-order valence-electron chi connectivity index (χ2n) is 4.92. The van der Waals surface area contributed by atoms with Crippen molar-refractivity contribution in [3.63, 3.8) is 0 Å². The molecule has 1 unspecified atom stereocenters. The molecule has 0 aliphatic carbocycles. The maximum atomic E-state index is 9.27. The van der Waals surface area contributed by atoms with Crippen molar-refractivity contribution in [3.8, 4) is 5.75 Å². The summed E-state index contributed by atoms with van der Waals surface area (Å²) in [5.74, 6) is 3.61. The predicted octanol–water partition coefficient (Wildman–Crippen LogP) is 2.34. The van der Waals surface area contributed by atoms with Crippen LogP contribution in [0.3, 0.4) is 0 Å². The Morgan fingerprint density at radius 3 is 2.85 bits per heavy atom. The number of aromatic hydroxyl groups is 1. The van der Waals surface area contributed by atoms with Crippen LogP contribution in [0.4, 0.5) is 0 Å². The normalized spacial score (nSPS) is 19.6. The molecule has 1 atom stereocenters. The first-order valence-electron chi connectivity index (χ1n) is 7.18. The highest BCUT2D eigenvalue weighted by molar-refractivity contribution is 7.99. The summed E-state index contributed by atoms with van der Waals surface area (Å²) in [5, 5.41) is 16.1. The van der Waals surface area contributed by atoms with Crippen LogP contribution < -0.4 is 10.6 Å². The molecule has 0 spiro atoms. The summed E-state index contributed by atoms with van der Waals surface area (Å²) in [5.41, 5.74) is 1.10. The number of hydrogen-bond acceptors (Lipinski definition) is 3. The molecule has 0 bridgehead atoms. The molecule has 1 heterocycles. The topological polar surface area (TPSA) is 56.7 Å². The van der Waals surface area contributed by atoms with E-state index in [0.29, 0.717) is 18.3 Å². The van der Waals surface area contributed by atoms with Crippen LogP contribution >= 0.6 is 11.8 Å². The Bertz CT molecular complexity index is 427. The second kappa shape index (κ2) is 8.04. The number of phenolic OH excluding ortho intramolecular Hbond substituents is 1. The fourth-order valence-electron chi connectivity index (χ4n) is 2.14. The molecule has 20 heavy (non-hydrogen) atoms. The third-order valence-corrected chi connectivity index (χ3v) is 4.42. The highest BCUT2D eigenvalue weighted by atomic mass is 32.2. The van der Waals surface area contributed by atoms with Gasteiger partial charge in [0.05, 0.1) is 6.54 Å². The molecular weight excluding hydrogens is 270 g/mol. The molecule has 1 saturated heterocycles. The molecule has 0 aromatic heterocycles. The largest absolute Gasteiger partial charge is 0.508 e. The lowest BCUT2D eigenvalue weighted by molar-refractivity contribution is 0.475. The van der Waals surface area contributed by atoms with Gasteiger partial charge in [-0.3, -0.25) is 0 Å². The first kappa shape index (κ1) is 15.0. The van der Waals surface area contributed by atoms with E-state index in [2.05, 4.69) is 22.5 Å². The van der Waals surface area contributed by atoms with Gasteiger partial charge >= 0.3 is 0 Å². The minimum absolute atomic E-state index is 0.294. The van der Waals surface area contributed by atoms with Crippen LogP contribution in [0.2, 0.25) is 0 Å². The first-order valence-corrected chi connectivity index (χ1v) is 8.34. The number of thioether (sulfide) groups is 1. The summed E-state index contributed by atoms with van der Waals surface area (Å²) in [6.07, 6.45) is 2.50. The highest BCUT2D eigenvalue weighted by Gasteiger charge is 2.14. The van der Waals surface area contributed by atoms with E-state index in [9.17, 15) is 5.11 Å². The summed E-state index contributed by atoms with van der Waals surface area (Å²) in [4.78, 5) is 4.61. The number of benzene rings is 1. The van der Waals surface area contributed by atoms with Gasteiger partial charge in [-0.1, -0.05) is 12.1 Å². The maximum Gasteiger partial charge on any atom is 0.191 e. The SMILES string of the molecule is CCNC(=NCc1ccc(O)cc1)NC1CCCSC1. The number of nitrogens with zero attached hydrogens (tertiary/aromatic N) is 1. The summed E-state index contributed by atoms with van der Waals surface area (Å²) in [7, 11) is 0. The van der Waals surface area contributed by atoms with Crippen molar-refractivity contribution in [3.05, 3.63) is 29.8 Å².